The minimum atomic E-state index is -0.229. The van der Waals surface area contributed by atoms with Crippen LogP contribution in [-0.4, -0.2) is 56.0 Å². The summed E-state index contributed by atoms with van der Waals surface area (Å²) in [4.78, 5) is 16.6. The van der Waals surface area contributed by atoms with E-state index in [9.17, 15) is 4.79 Å². The van der Waals surface area contributed by atoms with Gasteiger partial charge in [-0.3, -0.25) is 9.69 Å². The van der Waals surface area contributed by atoms with E-state index < -0.39 is 0 Å². The number of likely N-dealkylation sites (N-methyl/N-ethyl adjacent to an activating group) is 2. The Balaban J connectivity index is 2.58. The number of hydrogen-bond acceptors (Lipinski definition) is 3. The maximum Gasteiger partial charge on any atom is 0.241 e. The summed E-state index contributed by atoms with van der Waals surface area (Å²) in [6, 6.07) is 9.66. The molecule has 112 valence electrons. The summed E-state index contributed by atoms with van der Waals surface area (Å²) in [6.45, 7) is 7.89. The van der Waals surface area contributed by atoms with Crippen LogP contribution in [0.1, 0.15) is 25.5 Å². The Hall–Kier alpha value is -1.39. The second kappa shape index (κ2) is 8.72. The molecule has 1 unspecified atom stereocenters. The SMILES string of the molecule is CCN(CC)CCNC(=O)C(c1ccccc1)N(C)C. The predicted octanol–water partition coefficient (Wildman–Crippen LogP) is 1.75. The maximum atomic E-state index is 12.4. The molecule has 0 saturated carbocycles. The largest absolute Gasteiger partial charge is 0.353 e. The third-order valence-corrected chi connectivity index (χ3v) is 3.50. The van der Waals surface area contributed by atoms with Crippen molar-refractivity contribution in [2.75, 3.05) is 40.3 Å². The van der Waals surface area contributed by atoms with Crippen LogP contribution in [0, 0.1) is 0 Å². The molecule has 0 fully saturated rings. The first kappa shape index (κ1) is 16.7. The lowest BCUT2D eigenvalue weighted by molar-refractivity contribution is -0.125. The Bertz CT molecular complexity index is 388. The van der Waals surface area contributed by atoms with E-state index in [-0.39, 0.29) is 11.9 Å². The zero-order chi connectivity index (χ0) is 15.0. The van der Waals surface area contributed by atoms with Gasteiger partial charge in [0, 0.05) is 13.1 Å². The van der Waals surface area contributed by atoms with E-state index in [0.717, 1.165) is 25.2 Å². The molecule has 0 saturated heterocycles. The Morgan fingerprint density at radius 1 is 1.15 bits per heavy atom. The van der Waals surface area contributed by atoms with Crippen LogP contribution in [0.15, 0.2) is 30.3 Å². The van der Waals surface area contributed by atoms with E-state index in [0.29, 0.717) is 6.54 Å². The van der Waals surface area contributed by atoms with Crippen molar-refractivity contribution >= 4 is 5.91 Å². The van der Waals surface area contributed by atoms with E-state index in [4.69, 9.17) is 0 Å². The maximum absolute atomic E-state index is 12.4. The fourth-order valence-electron chi connectivity index (χ4n) is 2.29. The van der Waals surface area contributed by atoms with Crippen molar-refractivity contribution in [1.29, 1.82) is 0 Å². The van der Waals surface area contributed by atoms with Crippen molar-refractivity contribution in [2.45, 2.75) is 19.9 Å². The van der Waals surface area contributed by atoms with Gasteiger partial charge >= 0.3 is 0 Å². The number of benzene rings is 1. The molecule has 0 radical (unpaired) electrons. The summed E-state index contributed by atoms with van der Waals surface area (Å²) in [7, 11) is 3.86. The normalized spacial score (nSPS) is 12.7. The van der Waals surface area contributed by atoms with Gasteiger partial charge in [-0.25, -0.2) is 0 Å². The Kier molecular flexibility index (Phi) is 7.26. The summed E-state index contributed by atoms with van der Waals surface area (Å²) in [5.74, 6) is 0.0633. The molecule has 0 aliphatic heterocycles. The minimum absolute atomic E-state index is 0.0633. The number of amides is 1. The lowest BCUT2D eigenvalue weighted by atomic mass is 10.1. The second-order valence-corrected chi connectivity index (χ2v) is 5.09. The molecule has 4 heteroatoms. The van der Waals surface area contributed by atoms with Gasteiger partial charge in [-0.05, 0) is 32.7 Å². The molecular weight excluding hydrogens is 250 g/mol. The standard InChI is InChI=1S/C16H27N3O/c1-5-19(6-2)13-12-17-16(20)15(18(3)4)14-10-8-7-9-11-14/h7-11,15H,5-6,12-13H2,1-4H3,(H,17,20). The zero-order valence-corrected chi connectivity index (χ0v) is 13.1. The summed E-state index contributed by atoms with van der Waals surface area (Å²) in [6.07, 6.45) is 0. The topological polar surface area (TPSA) is 35.6 Å². The molecule has 1 N–H and O–H groups in total. The first-order chi connectivity index (χ1) is 9.60. The number of carbonyl (C=O) groups is 1. The molecule has 0 spiro atoms. The van der Waals surface area contributed by atoms with Crippen LogP contribution < -0.4 is 5.32 Å². The molecule has 20 heavy (non-hydrogen) atoms. The van der Waals surface area contributed by atoms with Crippen LogP contribution in [0.4, 0.5) is 0 Å². The van der Waals surface area contributed by atoms with Gasteiger partial charge < -0.3 is 10.2 Å². The summed E-state index contributed by atoms with van der Waals surface area (Å²) in [5.41, 5.74) is 1.03. The van der Waals surface area contributed by atoms with E-state index in [1.165, 1.54) is 0 Å². The van der Waals surface area contributed by atoms with Gasteiger partial charge in [0.2, 0.25) is 5.91 Å². The average Bonchev–Trinajstić information content (AvgIpc) is 2.44. The van der Waals surface area contributed by atoms with Crippen LogP contribution in [-0.2, 0) is 4.79 Å². The van der Waals surface area contributed by atoms with Gasteiger partial charge in [-0.15, -0.1) is 0 Å². The van der Waals surface area contributed by atoms with Gasteiger partial charge in [0.15, 0.2) is 0 Å². The number of nitrogens with zero attached hydrogens (tertiary/aromatic N) is 2. The van der Waals surface area contributed by atoms with Gasteiger partial charge in [0.1, 0.15) is 6.04 Å². The van der Waals surface area contributed by atoms with Crippen molar-refractivity contribution < 1.29 is 4.79 Å². The predicted molar refractivity (Wildman–Crippen MR) is 83.7 cm³/mol. The van der Waals surface area contributed by atoms with Gasteiger partial charge in [0.05, 0.1) is 0 Å². The third kappa shape index (κ3) is 4.94. The smallest absolute Gasteiger partial charge is 0.241 e. The Morgan fingerprint density at radius 3 is 2.25 bits per heavy atom. The van der Waals surface area contributed by atoms with Crippen LogP contribution in [0.25, 0.3) is 0 Å². The highest BCUT2D eigenvalue weighted by molar-refractivity contribution is 5.83. The molecule has 1 atom stereocenters. The fraction of sp³-hybridized carbons (Fsp3) is 0.562. The summed E-state index contributed by atoms with van der Waals surface area (Å²) in [5, 5.41) is 3.04. The lowest BCUT2D eigenvalue weighted by Crippen LogP contribution is -2.40. The number of rotatable bonds is 8. The van der Waals surface area contributed by atoms with Crippen molar-refractivity contribution in [1.82, 2.24) is 15.1 Å². The van der Waals surface area contributed by atoms with Crippen molar-refractivity contribution in [3.63, 3.8) is 0 Å². The fourth-order valence-corrected chi connectivity index (χ4v) is 2.29. The quantitative estimate of drug-likeness (QED) is 0.786. The highest BCUT2D eigenvalue weighted by Gasteiger charge is 2.22. The Morgan fingerprint density at radius 2 is 1.75 bits per heavy atom. The van der Waals surface area contributed by atoms with Gasteiger partial charge in [-0.2, -0.15) is 0 Å². The number of nitrogens with one attached hydrogen (secondary N) is 1. The van der Waals surface area contributed by atoms with E-state index in [2.05, 4.69) is 24.1 Å². The first-order valence-corrected chi connectivity index (χ1v) is 7.31. The molecule has 0 bridgehead atoms. The Labute approximate surface area is 122 Å². The molecule has 0 heterocycles. The molecule has 1 aromatic carbocycles. The first-order valence-electron chi connectivity index (χ1n) is 7.31. The van der Waals surface area contributed by atoms with Gasteiger partial charge in [-0.1, -0.05) is 44.2 Å². The van der Waals surface area contributed by atoms with Crippen LogP contribution in [0.2, 0.25) is 0 Å². The minimum Gasteiger partial charge on any atom is -0.353 e. The molecule has 0 aliphatic rings. The van der Waals surface area contributed by atoms with Crippen LogP contribution in [0.3, 0.4) is 0 Å². The summed E-state index contributed by atoms with van der Waals surface area (Å²) < 4.78 is 0. The number of carbonyl (C=O) groups excluding carboxylic acids is 1. The summed E-state index contributed by atoms with van der Waals surface area (Å²) >= 11 is 0. The molecule has 1 aromatic rings. The average molecular weight is 277 g/mol. The number of hydrogen-bond donors (Lipinski definition) is 1. The zero-order valence-electron chi connectivity index (χ0n) is 13.1. The second-order valence-electron chi connectivity index (χ2n) is 5.09. The van der Waals surface area contributed by atoms with Crippen molar-refractivity contribution in [2.24, 2.45) is 0 Å². The highest BCUT2D eigenvalue weighted by Crippen LogP contribution is 2.17. The molecule has 0 aliphatic carbocycles. The lowest BCUT2D eigenvalue weighted by Gasteiger charge is -2.25. The van der Waals surface area contributed by atoms with Crippen molar-refractivity contribution in [3.05, 3.63) is 35.9 Å². The van der Waals surface area contributed by atoms with Crippen LogP contribution >= 0.6 is 0 Å². The van der Waals surface area contributed by atoms with Crippen molar-refractivity contribution in [3.8, 4) is 0 Å². The molecule has 0 aromatic heterocycles. The molecule has 1 rings (SSSR count). The molecule has 4 nitrogen and oxygen atoms in total. The molecular formula is C16H27N3O. The molecule has 1 amide bonds. The monoisotopic (exact) mass is 277 g/mol. The van der Waals surface area contributed by atoms with Crippen LogP contribution in [0.5, 0.6) is 0 Å². The third-order valence-electron chi connectivity index (χ3n) is 3.50. The van der Waals surface area contributed by atoms with E-state index in [1.807, 2.05) is 49.3 Å². The van der Waals surface area contributed by atoms with E-state index in [1.54, 1.807) is 0 Å². The highest BCUT2D eigenvalue weighted by atomic mass is 16.2. The van der Waals surface area contributed by atoms with E-state index >= 15 is 0 Å². The van der Waals surface area contributed by atoms with Gasteiger partial charge in [0.25, 0.3) is 0 Å².